The van der Waals surface area contributed by atoms with Crippen molar-refractivity contribution in [3.05, 3.63) is 82.1 Å². The predicted molar refractivity (Wildman–Crippen MR) is 131 cm³/mol. The number of amides is 1. The maximum absolute atomic E-state index is 13.3. The Kier molecular flexibility index (Phi) is 6.70. The van der Waals surface area contributed by atoms with Gasteiger partial charge in [-0.05, 0) is 55.3 Å². The summed E-state index contributed by atoms with van der Waals surface area (Å²) in [6.45, 7) is -0.827. The molecule has 3 N–H and O–H groups in total. The number of aromatic amines is 1. The lowest BCUT2D eigenvalue weighted by Gasteiger charge is -2.23. The lowest BCUT2D eigenvalue weighted by atomic mass is 10.1. The van der Waals surface area contributed by atoms with Gasteiger partial charge in [0.2, 0.25) is 0 Å². The molecular formula is C23H19Cl2N3O5S. The average Bonchev–Trinajstić information content (AvgIpc) is 3.20. The summed E-state index contributed by atoms with van der Waals surface area (Å²) in [5.41, 5.74) is 1.64. The number of nitrogens with one attached hydrogen (secondary N) is 2. The van der Waals surface area contributed by atoms with Crippen molar-refractivity contribution in [2.75, 3.05) is 10.8 Å². The topological polar surface area (TPSA) is 120 Å². The number of carboxylic acid groups (broad SMARTS) is 1. The number of hydrogen-bond acceptors (Lipinski definition) is 4. The second-order valence-corrected chi connectivity index (χ2v) is 10.3. The summed E-state index contributed by atoms with van der Waals surface area (Å²) in [5.74, 6) is -1.67. The van der Waals surface area contributed by atoms with E-state index in [2.05, 4.69) is 10.3 Å². The van der Waals surface area contributed by atoms with Crippen molar-refractivity contribution in [1.82, 2.24) is 10.3 Å². The Balaban J connectivity index is 1.71. The van der Waals surface area contributed by atoms with Crippen LogP contribution in [0.25, 0.3) is 10.9 Å². The van der Waals surface area contributed by atoms with Crippen molar-refractivity contribution in [3.8, 4) is 0 Å². The number of sulfonamides is 1. The second kappa shape index (κ2) is 9.54. The van der Waals surface area contributed by atoms with Gasteiger partial charge in [-0.3, -0.25) is 13.9 Å². The van der Waals surface area contributed by atoms with E-state index in [-0.39, 0.29) is 26.5 Å². The molecule has 0 saturated heterocycles. The first-order valence-corrected chi connectivity index (χ1v) is 12.3. The summed E-state index contributed by atoms with van der Waals surface area (Å²) in [4.78, 5) is 27.0. The number of aliphatic carboxylic acids is 1. The smallest absolute Gasteiger partial charge is 0.324 e. The fourth-order valence-corrected chi connectivity index (χ4v) is 5.74. The molecule has 11 heteroatoms. The molecule has 3 aromatic rings. The van der Waals surface area contributed by atoms with Crippen LogP contribution in [0.3, 0.4) is 0 Å². The zero-order chi connectivity index (χ0) is 24.5. The number of rotatable bonds is 7. The van der Waals surface area contributed by atoms with Gasteiger partial charge in [0.15, 0.2) is 0 Å². The molecule has 1 aromatic heterocycles. The zero-order valence-corrected chi connectivity index (χ0v) is 19.9. The molecule has 4 rings (SSSR count). The largest absolute Gasteiger partial charge is 0.480 e. The highest BCUT2D eigenvalue weighted by Gasteiger charge is 2.28. The van der Waals surface area contributed by atoms with Crippen LogP contribution >= 0.6 is 23.2 Å². The molecule has 0 aliphatic heterocycles. The Morgan fingerprint density at radius 1 is 1.09 bits per heavy atom. The van der Waals surface area contributed by atoms with Crippen molar-refractivity contribution in [2.24, 2.45) is 0 Å². The molecule has 0 atom stereocenters. The molecule has 0 radical (unpaired) electrons. The number of carboxylic acids is 1. The average molecular weight is 520 g/mol. The summed E-state index contributed by atoms with van der Waals surface area (Å²) < 4.78 is 27.3. The number of anilines is 1. The number of carbonyl (C=O) groups is 2. The number of halogens is 2. The van der Waals surface area contributed by atoms with Gasteiger partial charge in [-0.25, -0.2) is 8.42 Å². The number of carbonyl (C=O) groups excluding carboxylic acids is 1. The molecular weight excluding hydrogens is 501 g/mol. The fourth-order valence-electron chi connectivity index (χ4n) is 3.60. The van der Waals surface area contributed by atoms with Crippen molar-refractivity contribution >= 4 is 61.7 Å². The van der Waals surface area contributed by atoms with Gasteiger partial charge in [0.05, 0.1) is 16.1 Å². The number of fused-ring (bicyclic) bond motifs is 1. The standard InChI is InChI=1S/C23H19Cl2N3O5S/c24-14-8-15(25)10-18(9-14)34(32,33)28(13-22(29)30)17-6-7-19-20(12-26-21(19)11-17)23(31)27-16-4-2-1-3-5-16/h2,4-12,26H,1,3,13H2,(H,27,31)(H,29,30). The molecule has 0 bridgehead atoms. The number of nitrogens with zero attached hydrogens (tertiary/aromatic N) is 1. The molecule has 1 aliphatic carbocycles. The third-order valence-electron chi connectivity index (χ3n) is 5.15. The highest BCUT2D eigenvalue weighted by atomic mass is 35.5. The van der Waals surface area contributed by atoms with Gasteiger partial charge in [-0.1, -0.05) is 35.4 Å². The molecule has 8 nitrogen and oxygen atoms in total. The highest BCUT2D eigenvalue weighted by Crippen LogP contribution is 2.31. The van der Waals surface area contributed by atoms with E-state index >= 15 is 0 Å². The number of aromatic nitrogens is 1. The molecule has 0 unspecified atom stereocenters. The van der Waals surface area contributed by atoms with Gasteiger partial charge < -0.3 is 15.4 Å². The molecule has 176 valence electrons. The molecule has 0 spiro atoms. The molecule has 1 amide bonds. The van der Waals surface area contributed by atoms with E-state index in [1.54, 1.807) is 6.07 Å². The molecule has 34 heavy (non-hydrogen) atoms. The van der Waals surface area contributed by atoms with Gasteiger partial charge >= 0.3 is 5.97 Å². The summed E-state index contributed by atoms with van der Waals surface area (Å²) in [5, 5.41) is 13.0. The first-order chi connectivity index (χ1) is 16.1. The van der Waals surface area contributed by atoms with Gasteiger partial charge in [0.1, 0.15) is 6.54 Å². The number of H-pyrrole nitrogens is 1. The predicted octanol–water partition coefficient (Wildman–Crippen LogP) is 4.72. The van der Waals surface area contributed by atoms with Crippen LogP contribution in [0, 0.1) is 0 Å². The molecule has 0 saturated carbocycles. The Bertz CT molecular complexity index is 1440. The first-order valence-electron chi connectivity index (χ1n) is 10.1. The maximum atomic E-state index is 13.3. The summed E-state index contributed by atoms with van der Waals surface area (Å²) >= 11 is 11.9. The quantitative estimate of drug-likeness (QED) is 0.417. The molecule has 1 heterocycles. The monoisotopic (exact) mass is 519 g/mol. The third kappa shape index (κ3) is 4.96. The summed E-state index contributed by atoms with van der Waals surface area (Å²) in [6, 6.07) is 8.25. The third-order valence-corrected chi connectivity index (χ3v) is 7.34. The number of hydrogen-bond donors (Lipinski definition) is 3. The van der Waals surface area contributed by atoms with Crippen LogP contribution in [0.4, 0.5) is 5.69 Å². The minimum Gasteiger partial charge on any atom is -0.480 e. The van der Waals surface area contributed by atoms with Crippen LogP contribution in [0.15, 0.2) is 71.4 Å². The second-order valence-electron chi connectivity index (χ2n) is 7.54. The normalized spacial score (nSPS) is 13.5. The Morgan fingerprint density at radius 3 is 2.47 bits per heavy atom. The van der Waals surface area contributed by atoms with Crippen molar-refractivity contribution in [2.45, 2.75) is 17.7 Å². The Hall–Kier alpha value is -3.27. The van der Waals surface area contributed by atoms with E-state index in [4.69, 9.17) is 23.2 Å². The van der Waals surface area contributed by atoms with Gasteiger partial charge in [0.25, 0.3) is 15.9 Å². The van der Waals surface area contributed by atoms with Crippen molar-refractivity contribution in [1.29, 1.82) is 0 Å². The number of benzene rings is 2. The van der Waals surface area contributed by atoms with Gasteiger partial charge in [0, 0.05) is 32.8 Å². The summed E-state index contributed by atoms with van der Waals surface area (Å²) in [6.07, 6.45) is 9.03. The first kappa shape index (κ1) is 23.9. The van der Waals surface area contributed by atoms with Crippen LogP contribution < -0.4 is 9.62 Å². The summed E-state index contributed by atoms with van der Waals surface area (Å²) in [7, 11) is -4.32. The molecule has 1 aliphatic rings. The van der Waals surface area contributed by atoms with Crippen LogP contribution in [0.2, 0.25) is 10.0 Å². The van der Waals surface area contributed by atoms with E-state index in [1.807, 2.05) is 18.2 Å². The zero-order valence-electron chi connectivity index (χ0n) is 17.6. The van der Waals surface area contributed by atoms with Crippen molar-refractivity contribution < 1.29 is 23.1 Å². The Morgan fingerprint density at radius 2 is 1.82 bits per heavy atom. The van der Waals surface area contributed by atoms with Gasteiger partial charge in [-0.15, -0.1) is 0 Å². The van der Waals surface area contributed by atoms with E-state index in [0.717, 1.165) is 17.1 Å². The highest BCUT2D eigenvalue weighted by molar-refractivity contribution is 7.92. The molecule has 2 aromatic carbocycles. The van der Waals surface area contributed by atoms with Crippen LogP contribution in [0.1, 0.15) is 23.2 Å². The number of allylic oxidation sites excluding steroid dienone is 3. The van der Waals surface area contributed by atoms with E-state index in [9.17, 15) is 23.1 Å². The van der Waals surface area contributed by atoms with Crippen LogP contribution in [0.5, 0.6) is 0 Å². The van der Waals surface area contributed by atoms with Crippen molar-refractivity contribution in [3.63, 3.8) is 0 Å². The van der Waals surface area contributed by atoms with Crippen LogP contribution in [-0.2, 0) is 14.8 Å². The maximum Gasteiger partial charge on any atom is 0.324 e. The van der Waals surface area contributed by atoms with Gasteiger partial charge in [-0.2, -0.15) is 0 Å². The minimum absolute atomic E-state index is 0.0951. The lowest BCUT2D eigenvalue weighted by molar-refractivity contribution is -0.135. The minimum atomic E-state index is -4.32. The fraction of sp³-hybridized carbons (Fsp3) is 0.130. The van der Waals surface area contributed by atoms with E-state index in [1.165, 1.54) is 36.5 Å². The SMILES string of the molecule is O=C(O)CN(c1ccc2c(C(=O)NC3=CCCC=C3)c[nH]c2c1)S(=O)(=O)c1cc(Cl)cc(Cl)c1. The van der Waals surface area contributed by atoms with E-state index in [0.29, 0.717) is 22.2 Å². The molecule has 0 fully saturated rings. The van der Waals surface area contributed by atoms with E-state index < -0.39 is 22.5 Å². The Labute approximate surface area is 205 Å². The van der Waals surface area contributed by atoms with Crippen LogP contribution in [-0.4, -0.2) is 36.9 Å². The lowest BCUT2D eigenvalue weighted by Crippen LogP contribution is -2.35.